The van der Waals surface area contributed by atoms with Gasteiger partial charge in [-0.25, -0.2) is 8.42 Å². The van der Waals surface area contributed by atoms with Crippen molar-refractivity contribution in [3.63, 3.8) is 0 Å². The molecular weight excluding hydrogens is 450 g/mol. The molecule has 0 unspecified atom stereocenters. The third-order valence-electron chi connectivity index (χ3n) is 6.92. The molecule has 34 heavy (non-hydrogen) atoms. The number of fused-ring (bicyclic) bond motifs is 1. The molecule has 8 heteroatoms. The highest BCUT2D eigenvalue weighted by atomic mass is 32.2. The van der Waals surface area contributed by atoms with Gasteiger partial charge in [0.15, 0.2) is 0 Å². The number of nitrogens with zero attached hydrogens (tertiary/aromatic N) is 2. The number of anilines is 2. The van der Waals surface area contributed by atoms with E-state index in [1.54, 1.807) is 36.4 Å². The predicted molar refractivity (Wildman–Crippen MR) is 133 cm³/mol. The molecule has 2 aromatic rings. The zero-order valence-corrected chi connectivity index (χ0v) is 21.1. The Labute approximate surface area is 202 Å². The van der Waals surface area contributed by atoms with Gasteiger partial charge in [-0.15, -0.1) is 0 Å². The van der Waals surface area contributed by atoms with Gasteiger partial charge in [0, 0.05) is 24.5 Å². The molecule has 2 heterocycles. The van der Waals surface area contributed by atoms with Crippen molar-refractivity contribution in [1.82, 2.24) is 4.31 Å². The van der Waals surface area contributed by atoms with Crippen LogP contribution in [0.5, 0.6) is 0 Å². The van der Waals surface area contributed by atoms with Crippen molar-refractivity contribution in [2.24, 2.45) is 5.92 Å². The van der Waals surface area contributed by atoms with Gasteiger partial charge in [-0.3, -0.25) is 9.59 Å². The molecule has 1 saturated heterocycles. The Morgan fingerprint density at radius 3 is 2.50 bits per heavy atom. The van der Waals surface area contributed by atoms with Crippen LogP contribution in [0.25, 0.3) is 0 Å². The second-order valence-corrected chi connectivity index (χ2v) is 11.8. The zero-order valence-electron chi connectivity index (χ0n) is 20.3. The molecule has 2 amide bonds. The van der Waals surface area contributed by atoms with Crippen molar-refractivity contribution in [1.29, 1.82) is 0 Å². The molecular formula is C26H33N3O4S. The Kier molecular flexibility index (Phi) is 6.57. The standard InChI is InChI=1S/C26H33N3O4S/c1-5-19-8-10-20(11-9-19)27-24(30)17-29-23-13-12-21(15-22(23)26(3,4)25(29)31)34(32,33)28-14-6-7-18(2)16-28/h8-13,15,18H,5-7,14,16-17H2,1-4H3,(H,27,30)/t18-/m0/s1. The van der Waals surface area contributed by atoms with Gasteiger partial charge < -0.3 is 10.2 Å². The molecule has 7 nitrogen and oxygen atoms in total. The molecule has 0 aromatic heterocycles. The summed E-state index contributed by atoms with van der Waals surface area (Å²) in [5.41, 5.74) is 2.12. The maximum Gasteiger partial charge on any atom is 0.244 e. The van der Waals surface area contributed by atoms with Crippen LogP contribution in [0, 0.1) is 5.92 Å². The number of sulfonamides is 1. The highest BCUT2D eigenvalue weighted by Crippen LogP contribution is 2.43. The summed E-state index contributed by atoms with van der Waals surface area (Å²) in [6, 6.07) is 12.4. The maximum absolute atomic E-state index is 13.3. The van der Waals surface area contributed by atoms with E-state index in [0.717, 1.165) is 19.3 Å². The van der Waals surface area contributed by atoms with Crippen LogP contribution >= 0.6 is 0 Å². The fourth-order valence-electron chi connectivity index (χ4n) is 4.81. The van der Waals surface area contributed by atoms with Gasteiger partial charge in [0.05, 0.1) is 10.3 Å². The average Bonchev–Trinajstić information content (AvgIpc) is 2.99. The van der Waals surface area contributed by atoms with Crippen molar-refractivity contribution >= 4 is 33.2 Å². The number of carbonyl (C=O) groups is 2. The monoisotopic (exact) mass is 483 g/mol. The molecule has 2 aliphatic rings. The lowest BCUT2D eigenvalue weighted by Crippen LogP contribution is -2.40. The number of rotatable bonds is 6. The topological polar surface area (TPSA) is 86.8 Å². The third kappa shape index (κ3) is 4.49. The van der Waals surface area contributed by atoms with Crippen LogP contribution in [-0.4, -0.2) is 44.2 Å². The van der Waals surface area contributed by atoms with E-state index in [2.05, 4.69) is 19.2 Å². The van der Waals surface area contributed by atoms with Crippen LogP contribution in [0.15, 0.2) is 47.4 Å². The van der Waals surface area contributed by atoms with E-state index in [9.17, 15) is 18.0 Å². The summed E-state index contributed by atoms with van der Waals surface area (Å²) in [7, 11) is -3.65. The molecule has 0 saturated carbocycles. The first kappa shape index (κ1) is 24.4. The number of nitrogens with one attached hydrogen (secondary N) is 1. The van der Waals surface area contributed by atoms with Crippen molar-refractivity contribution in [2.75, 3.05) is 29.9 Å². The normalized spacial score (nSPS) is 20.3. The van der Waals surface area contributed by atoms with E-state index in [-0.39, 0.29) is 23.3 Å². The first-order valence-corrected chi connectivity index (χ1v) is 13.3. The van der Waals surface area contributed by atoms with Crippen molar-refractivity contribution in [3.05, 3.63) is 53.6 Å². The van der Waals surface area contributed by atoms with E-state index >= 15 is 0 Å². The summed E-state index contributed by atoms with van der Waals surface area (Å²) in [5.74, 6) is -0.205. The minimum Gasteiger partial charge on any atom is -0.325 e. The lowest BCUT2D eigenvalue weighted by atomic mass is 9.86. The quantitative estimate of drug-likeness (QED) is 0.674. The number of hydrogen-bond donors (Lipinski definition) is 1. The Bertz CT molecular complexity index is 1210. The summed E-state index contributed by atoms with van der Waals surface area (Å²) in [6.07, 6.45) is 2.79. The fraction of sp³-hybridized carbons (Fsp3) is 0.462. The number of aryl methyl sites for hydroxylation is 1. The summed E-state index contributed by atoms with van der Waals surface area (Å²) in [4.78, 5) is 27.6. The lowest BCUT2D eigenvalue weighted by molar-refractivity contribution is -0.124. The van der Waals surface area contributed by atoms with Crippen molar-refractivity contribution < 1.29 is 18.0 Å². The van der Waals surface area contributed by atoms with Gasteiger partial charge >= 0.3 is 0 Å². The molecule has 1 fully saturated rings. The Morgan fingerprint density at radius 1 is 1.15 bits per heavy atom. The minimum atomic E-state index is -3.65. The fourth-order valence-corrected chi connectivity index (χ4v) is 6.44. The smallest absolute Gasteiger partial charge is 0.244 e. The lowest BCUT2D eigenvalue weighted by Gasteiger charge is -2.30. The van der Waals surface area contributed by atoms with Gasteiger partial charge in [0.25, 0.3) is 0 Å². The molecule has 4 rings (SSSR count). The SMILES string of the molecule is CCc1ccc(NC(=O)CN2C(=O)C(C)(C)c3cc(S(=O)(=O)N4CCC[C@H](C)C4)ccc32)cc1. The Hall–Kier alpha value is -2.71. The molecule has 0 spiro atoms. The van der Waals surface area contributed by atoms with E-state index in [1.807, 2.05) is 24.3 Å². The van der Waals surface area contributed by atoms with E-state index in [1.165, 1.54) is 10.5 Å². The van der Waals surface area contributed by atoms with E-state index in [4.69, 9.17) is 0 Å². The van der Waals surface area contributed by atoms with Crippen LogP contribution in [0.4, 0.5) is 11.4 Å². The van der Waals surface area contributed by atoms with Crippen LogP contribution in [0.2, 0.25) is 0 Å². The number of piperidine rings is 1. The first-order valence-electron chi connectivity index (χ1n) is 11.9. The molecule has 0 radical (unpaired) electrons. The summed E-state index contributed by atoms with van der Waals surface area (Å²) >= 11 is 0. The number of hydrogen-bond acceptors (Lipinski definition) is 4. The van der Waals surface area contributed by atoms with Crippen LogP contribution < -0.4 is 10.2 Å². The zero-order chi connectivity index (χ0) is 24.7. The van der Waals surface area contributed by atoms with Crippen LogP contribution in [0.1, 0.15) is 51.7 Å². The third-order valence-corrected chi connectivity index (χ3v) is 8.78. The second-order valence-electron chi connectivity index (χ2n) is 9.90. The van der Waals surface area contributed by atoms with Crippen molar-refractivity contribution in [3.8, 4) is 0 Å². The number of amides is 2. The summed E-state index contributed by atoms with van der Waals surface area (Å²) in [5, 5.41) is 2.85. The molecule has 2 aromatic carbocycles. The molecule has 1 N–H and O–H groups in total. The Balaban J connectivity index is 1.57. The maximum atomic E-state index is 13.3. The van der Waals surface area contributed by atoms with Crippen LogP contribution in [0.3, 0.4) is 0 Å². The number of carbonyl (C=O) groups excluding carboxylic acids is 2. The summed E-state index contributed by atoms with van der Waals surface area (Å²) in [6.45, 7) is 8.55. The van der Waals surface area contributed by atoms with Gasteiger partial charge in [-0.1, -0.05) is 26.0 Å². The molecule has 0 bridgehead atoms. The largest absolute Gasteiger partial charge is 0.325 e. The highest BCUT2D eigenvalue weighted by molar-refractivity contribution is 7.89. The van der Waals surface area contributed by atoms with E-state index in [0.29, 0.717) is 35.9 Å². The predicted octanol–water partition coefficient (Wildman–Crippen LogP) is 3.93. The number of benzene rings is 2. The first-order chi connectivity index (χ1) is 16.0. The molecule has 182 valence electrons. The van der Waals surface area contributed by atoms with Gasteiger partial charge in [-0.2, -0.15) is 4.31 Å². The molecule has 2 aliphatic heterocycles. The second kappa shape index (κ2) is 9.15. The van der Waals surface area contributed by atoms with E-state index < -0.39 is 15.4 Å². The average molecular weight is 484 g/mol. The van der Waals surface area contributed by atoms with Crippen molar-refractivity contribution in [2.45, 2.75) is 57.3 Å². The Morgan fingerprint density at radius 2 is 1.85 bits per heavy atom. The van der Waals surface area contributed by atoms with Crippen LogP contribution in [-0.2, 0) is 31.4 Å². The molecule has 1 atom stereocenters. The van der Waals surface area contributed by atoms with Gasteiger partial charge in [0.1, 0.15) is 6.54 Å². The van der Waals surface area contributed by atoms with Gasteiger partial charge in [-0.05, 0) is 80.5 Å². The minimum absolute atomic E-state index is 0.138. The summed E-state index contributed by atoms with van der Waals surface area (Å²) < 4.78 is 28.1. The van der Waals surface area contributed by atoms with Gasteiger partial charge in [0.2, 0.25) is 21.8 Å². The highest BCUT2D eigenvalue weighted by Gasteiger charge is 2.45. The molecule has 0 aliphatic carbocycles.